The van der Waals surface area contributed by atoms with Gasteiger partial charge in [-0.2, -0.15) is 5.10 Å². The van der Waals surface area contributed by atoms with Crippen molar-refractivity contribution in [3.05, 3.63) is 47.1 Å². The second-order valence-electron chi connectivity index (χ2n) is 3.60. The fourth-order valence-corrected chi connectivity index (χ4v) is 1.48. The summed E-state index contributed by atoms with van der Waals surface area (Å²) in [6, 6.07) is 10.1. The van der Waals surface area contributed by atoms with Gasteiger partial charge in [-0.25, -0.2) is 10.2 Å². The van der Waals surface area contributed by atoms with Crippen molar-refractivity contribution in [2.24, 2.45) is 10.8 Å². The fourth-order valence-electron chi connectivity index (χ4n) is 1.38. The molecule has 0 aliphatic heterocycles. The average Bonchev–Trinajstić information content (AvgIpc) is 2.40. The average molecular weight is 276 g/mol. The van der Waals surface area contributed by atoms with Gasteiger partial charge in [0.15, 0.2) is 5.15 Å². The highest BCUT2D eigenvalue weighted by Gasteiger charge is 2.00. The van der Waals surface area contributed by atoms with E-state index in [0.717, 1.165) is 16.8 Å². The Labute approximate surface area is 114 Å². The number of nitrogens with two attached hydrogens (primary N) is 1. The van der Waals surface area contributed by atoms with Gasteiger partial charge >= 0.3 is 6.03 Å². The molecule has 0 radical (unpaired) electrons. The molecule has 1 aromatic heterocycles. The predicted molar refractivity (Wildman–Crippen MR) is 72.8 cm³/mol. The molecule has 0 aliphatic rings. The smallest absolute Gasteiger partial charge is 0.332 e. The maximum Gasteiger partial charge on any atom is 0.332 e. The zero-order chi connectivity index (χ0) is 13.7. The number of urea groups is 1. The van der Waals surface area contributed by atoms with Gasteiger partial charge in [-0.3, -0.25) is 0 Å². The van der Waals surface area contributed by atoms with Crippen molar-refractivity contribution in [2.75, 3.05) is 0 Å². The van der Waals surface area contributed by atoms with Crippen LogP contribution in [0.4, 0.5) is 4.79 Å². The highest BCUT2D eigenvalue weighted by molar-refractivity contribution is 6.29. The van der Waals surface area contributed by atoms with Crippen LogP contribution in [0, 0.1) is 0 Å². The molecule has 0 saturated carbocycles. The molecule has 0 unspecified atom stereocenters. The quantitative estimate of drug-likeness (QED) is 0.661. The van der Waals surface area contributed by atoms with Gasteiger partial charge in [-0.15, -0.1) is 10.2 Å². The van der Waals surface area contributed by atoms with Crippen molar-refractivity contribution in [2.45, 2.75) is 0 Å². The molecule has 2 rings (SSSR count). The number of nitrogens with one attached hydrogen (secondary N) is 1. The van der Waals surface area contributed by atoms with Crippen LogP contribution in [0.1, 0.15) is 5.56 Å². The van der Waals surface area contributed by atoms with Gasteiger partial charge < -0.3 is 5.73 Å². The van der Waals surface area contributed by atoms with Crippen LogP contribution in [-0.2, 0) is 0 Å². The SMILES string of the molecule is NC(=O)NN=Cc1ccc(-c2ccc(Cl)nn2)cc1. The van der Waals surface area contributed by atoms with E-state index in [1.54, 1.807) is 12.1 Å². The Kier molecular flexibility index (Phi) is 4.04. The number of rotatable bonds is 3. The Hall–Kier alpha value is -2.47. The van der Waals surface area contributed by atoms with Crippen LogP contribution in [0.3, 0.4) is 0 Å². The number of primary amides is 1. The molecule has 3 N–H and O–H groups in total. The van der Waals surface area contributed by atoms with Crippen LogP contribution in [0.2, 0.25) is 5.15 Å². The number of aromatic nitrogens is 2. The van der Waals surface area contributed by atoms with Crippen molar-refractivity contribution < 1.29 is 4.79 Å². The van der Waals surface area contributed by atoms with Gasteiger partial charge in [-0.1, -0.05) is 35.9 Å². The molecule has 1 aromatic carbocycles. The van der Waals surface area contributed by atoms with Crippen molar-refractivity contribution in [3.8, 4) is 11.3 Å². The van der Waals surface area contributed by atoms with Crippen molar-refractivity contribution in [1.29, 1.82) is 0 Å². The zero-order valence-electron chi connectivity index (χ0n) is 9.75. The van der Waals surface area contributed by atoms with E-state index in [9.17, 15) is 4.79 Å². The molecule has 0 saturated heterocycles. The number of benzene rings is 1. The number of nitrogens with zero attached hydrogens (tertiary/aromatic N) is 3. The van der Waals surface area contributed by atoms with Crippen molar-refractivity contribution in [1.82, 2.24) is 15.6 Å². The molecule has 1 heterocycles. The van der Waals surface area contributed by atoms with E-state index >= 15 is 0 Å². The van der Waals surface area contributed by atoms with Crippen LogP contribution in [0.5, 0.6) is 0 Å². The van der Waals surface area contributed by atoms with Crippen molar-refractivity contribution >= 4 is 23.8 Å². The number of hydrogen-bond donors (Lipinski definition) is 2. The van der Waals surface area contributed by atoms with E-state index in [0.29, 0.717) is 5.15 Å². The molecule has 0 bridgehead atoms. The van der Waals surface area contributed by atoms with Gasteiger partial charge in [0.05, 0.1) is 11.9 Å². The summed E-state index contributed by atoms with van der Waals surface area (Å²) >= 11 is 5.67. The molecule has 0 fully saturated rings. The molecule has 2 aromatic rings. The van der Waals surface area contributed by atoms with Gasteiger partial charge in [0.1, 0.15) is 0 Å². The summed E-state index contributed by atoms with van der Waals surface area (Å²) in [6.45, 7) is 0. The zero-order valence-corrected chi connectivity index (χ0v) is 10.5. The first kappa shape index (κ1) is 13.0. The van der Waals surface area contributed by atoms with Gasteiger partial charge in [0.2, 0.25) is 0 Å². The summed E-state index contributed by atoms with van der Waals surface area (Å²) in [5.74, 6) is 0. The Bertz CT molecular complexity index is 595. The standard InChI is InChI=1S/C12H10ClN5O/c13-11-6-5-10(16-17-11)9-3-1-8(2-4-9)7-15-18-12(14)19/h1-7H,(H3,14,18,19). The minimum atomic E-state index is -0.704. The highest BCUT2D eigenvalue weighted by atomic mass is 35.5. The molecule has 96 valence electrons. The highest BCUT2D eigenvalue weighted by Crippen LogP contribution is 2.17. The fraction of sp³-hybridized carbons (Fsp3) is 0. The summed E-state index contributed by atoms with van der Waals surface area (Å²) in [6.07, 6.45) is 1.49. The number of hydrogen-bond acceptors (Lipinski definition) is 4. The van der Waals surface area contributed by atoms with Gasteiger partial charge in [0.25, 0.3) is 0 Å². The normalized spacial score (nSPS) is 10.6. The van der Waals surface area contributed by atoms with Gasteiger partial charge in [0, 0.05) is 5.56 Å². The Balaban J connectivity index is 2.12. The van der Waals surface area contributed by atoms with Crippen LogP contribution < -0.4 is 11.2 Å². The van der Waals surface area contributed by atoms with E-state index in [1.165, 1.54) is 6.21 Å². The summed E-state index contributed by atoms with van der Waals surface area (Å²) < 4.78 is 0. The third-order valence-electron chi connectivity index (χ3n) is 2.23. The lowest BCUT2D eigenvalue weighted by Gasteiger charge is -2.00. The van der Waals surface area contributed by atoms with E-state index in [4.69, 9.17) is 17.3 Å². The predicted octanol–water partition coefficient (Wildman–Crippen LogP) is 1.80. The van der Waals surface area contributed by atoms with E-state index < -0.39 is 6.03 Å². The summed E-state index contributed by atoms with van der Waals surface area (Å²) in [7, 11) is 0. The minimum absolute atomic E-state index is 0.352. The van der Waals surface area contributed by atoms with Crippen LogP contribution in [0.25, 0.3) is 11.3 Å². The summed E-state index contributed by atoms with van der Waals surface area (Å²) in [4.78, 5) is 10.4. The molecule has 7 heteroatoms. The van der Waals surface area contributed by atoms with E-state index in [1.807, 2.05) is 24.3 Å². The lowest BCUT2D eigenvalue weighted by Crippen LogP contribution is -2.24. The second kappa shape index (κ2) is 5.92. The molecule has 2 amide bonds. The lowest BCUT2D eigenvalue weighted by molar-refractivity contribution is 0.249. The topological polar surface area (TPSA) is 93.3 Å². The summed E-state index contributed by atoms with van der Waals surface area (Å²) in [5.41, 5.74) is 9.45. The largest absolute Gasteiger partial charge is 0.350 e. The van der Waals surface area contributed by atoms with Crippen LogP contribution in [-0.4, -0.2) is 22.4 Å². The molecular weight excluding hydrogens is 266 g/mol. The Morgan fingerprint density at radius 3 is 2.53 bits per heavy atom. The third-order valence-corrected chi connectivity index (χ3v) is 2.43. The maximum absolute atomic E-state index is 10.4. The second-order valence-corrected chi connectivity index (χ2v) is 3.98. The number of carbonyl (C=O) groups is 1. The van der Waals surface area contributed by atoms with E-state index in [2.05, 4.69) is 20.7 Å². The summed E-state index contributed by atoms with van der Waals surface area (Å²) in [5, 5.41) is 11.8. The molecular formula is C12H10ClN5O. The monoisotopic (exact) mass is 275 g/mol. The van der Waals surface area contributed by atoms with Crippen LogP contribution >= 0.6 is 11.6 Å². The number of halogens is 1. The molecule has 0 atom stereocenters. The third kappa shape index (κ3) is 3.75. The number of hydrazone groups is 1. The molecule has 0 spiro atoms. The van der Waals surface area contributed by atoms with Gasteiger partial charge in [-0.05, 0) is 17.7 Å². The first-order valence-corrected chi connectivity index (χ1v) is 5.71. The first-order valence-electron chi connectivity index (χ1n) is 5.33. The Morgan fingerprint density at radius 1 is 1.21 bits per heavy atom. The molecule has 19 heavy (non-hydrogen) atoms. The Morgan fingerprint density at radius 2 is 1.95 bits per heavy atom. The first-order chi connectivity index (χ1) is 9.15. The molecule has 6 nitrogen and oxygen atoms in total. The molecule has 0 aliphatic carbocycles. The van der Waals surface area contributed by atoms with Crippen molar-refractivity contribution in [3.63, 3.8) is 0 Å². The lowest BCUT2D eigenvalue weighted by atomic mass is 10.1. The number of amides is 2. The minimum Gasteiger partial charge on any atom is -0.350 e. The number of carbonyl (C=O) groups excluding carboxylic acids is 1. The van der Waals surface area contributed by atoms with Crippen LogP contribution in [0.15, 0.2) is 41.5 Å². The maximum atomic E-state index is 10.4. The van der Waals surface area contributed by atoms with E-state index in [-0.39, 0.29) is 0 Å².